The van der Waals surface area contributed by atoms with E-state index in [1.165, 1.54) is 6.08 Å². The van der Waals surface area contributed by atoms with Crippen molar-refractivity contribution >= 4 is 29.2 Å². The number of halogens is 1. The van der Waals surface area contributed by atoms with Gasteiger partial charge in [-0.3, -0.25) is 4.79 Å². The van der Waals surface area contributed by atoms with Crippen LogP contribution in [0.2, 0.25) is 5.02 Å². The summed E-state index contributed by atoms with van der Waals surface area (Å²) in [6.45, 7) is 3.62. The molecule has 0 aliphatic heterocycles. The Labute approximate surface area is 145 Å². The highest BCUT2D eigenvalue weighted by Gasteiger charge is 2.10. The molecule has 0 spiro atoms. The number of para-hydroxylation sites is 1. The Kier molecular flexibility index (Phi) is 5.99. The molecule has 0 heterocycles. The molecular formula is C20H17ClO3. The number of phenolic OH excluding ortho intramolecular Hbond substituents is 1. The Balaban J connectivity index is 2.22. The minimum Gasteiger partial charge on any atom is -0.507 e. The number of carbonyl (C=O) groups excluding carboxylic acids is 1. The maximum atomic E-state index is 12.0. The molecule has 0 amide bonds. The molecule has 122 valence electrons. The van der Waals surface area contributed by atoms with E-state index in [0.717, 1.165) is 6.08 Å². The lowest BCUT2D eigenvalue weighted by atomic mass is 10.0. The molecule has 0 aliphatic carbocycles. The maximum Gasteiger partial charge on any atom is 0.182 e. The van der Waals surface area contributed by atoms with E-state index < -0.39 is 5.78 Å². The van der Waals surface area contributed by atoms with Gasteiger partial charge in [0.15, 0.2) is 5.78 Å². The van der Waals surface area contributed by atoms with Crippen molar-refractivity contribution < 1.29 is 15.0 Å². The minimum atomic E-state index is -0.416. The van der Waals surface area contributed by atoms with Crippen LogP contribution in [-0.4, -0.2) is 16.0 Å². The summed E-state index contributed by atoms with van der Waals surface area (Å²) >= 11 is 6.01. The summed E-state index contributed by atoms with van der Waals surface area (Å²) in [5.74, 6) is -0.776. The molecule has 0 aromatic heterocycles. The number of hydrogen-bond acceptors (Lipinski definition) is 3. The number of aliphatic hydroxyl groups is 1. The Morgan fingerprint density at radius 3 is 2.62 bits per heavy atom. The van der Waals surface area contributed by atoms with Crippen LogP contribution >= 0.6 is 11.6 Å². The van der Waals surface area contributed by atoms with Gasteiger partial charge in [0, 0.05) is 11.1 Å². The Bertz CT molecular complexity index is 819. The van der Waals surface area contributed by atoms with E-state index in [4.69, 9.17) is 11.6 Å². The second kappa shape index (κ2) is 8.18. The van der Waals surface area contributed by atoms with Gasteiger partial charge >= 0.3 is 0 Å². The molecule has 0 saturated heterocycles. The number of ketones is 1. The van der Waals surface area contributed by atoms with Crippen LogP contribution in [0.3, 0.4) is 0 Å². The van der Waals surface area contributed by atoms with Crippen LogP contribution in [-0.2, 0) is 11.2 Å². The summed E-state index contributed by atoms with van der Waals surface area (Å²) in [5.41, 5.74) is 1.53. The highest BCUT2D eigenvalue weighted by Crippen LogP contribution is 2.28. The molecule has 0 saturated carbocycles. The average molecular weight is 341 g/mol. The monoisotopic (exact) mass is 340 g/mol. The number of rotatable bonds is 6. The first kappa shape index (κ1) is 17.6. The molecule has 2 N–H and O–H groups in total. The zero-order valence-electron chi connectivity index (χ0n) is 12.9. The van der Waals surface area contributed by atoms with E-state index >= 15 is 0 Å². The molecule has 2 rings (SSSR count). The molecule has 0 radical (unpaired) electrons. The predicted octanol–water partition coefficient (Wildman–Crippen LogP) is 4.96. The molecule has 0 bridgehead atoms. The van der Waals surface area contributed by atoms with Gasteiger partial charge in [0.2, 0.25) is 0 Å². The fourth-order valence-corrected chi connectivity index (χ4v) is 2.36. The van der Waals surface area contributed by atoms with Crippen molar-refractivity contribution in [3.8, 4) is 5.75 Å². The summed E-state index contributed by atoms with van der Waals surface area (Å²) in [7, 11) is 0. The molecule has 0 fully saturated rings. The van der Waals surface area contributed by atoms with Crippen molar-refractivity contribution in [3.63, 3.8) is 0 Å². The molecular weight excluding hydrogens is 324 g/mol. The highest BCUT2D eigenvalue weighted by atomic mass is 35.5. The quantitative estimate of drug-likeness (QED) is 0.444. The van der Waals surface area contributed by atoms with Crippen LogP contribution < -0.4 is 0 Å². The fourth-order valence-electron chi connectivity index (χ4n) is 2.16. The molecule has 0 atom stereocenters. The molecule has 0 unspecified atom stereocenters. The number of aromatic hydroxyl groups is 1. The molecule has 2 aromatic carbocycles. The standard InChI is InChI=1S/C20H17ClO3/c1-2-6-15-8-5-9-17(20(15)24)19(23)13-16(22)12-11-14-7-3-4-10-18(14)21/h2-5,7-13,23-24H,1,6H2. The van der Waals surface area contributed by atoms with Crippen LogP contribution in [0.25, 0.3) is 11.8 Å². The third kappa shape index (κ3) is 4.37. The van der Waals surface area contributed by atoms with Crippen LogP contribution in [0.1, 0.15) is 16.7 Å². The van der Waals surface area contributed by atoms with E-state index in [-0.39, 0.29) is 17.1 Å². The first-order chi connectivity index (χ1) is 11.5. The molecule has 2 aromatic rings. The highest BCUT2D eigenvalue weighted by molar-refractivity contribution is 6.32. The van der Waals surface area contributed by atoms with Gasteiger partial charge in [0.25, 0.3) is 0 Å². The SMILES string of the molecule is C=CCc1cccc(C(O)=CC(=O)C=Cc2ccccc2Cl)c1O. The Morgan fingerprint density at radius 2 is 1.92 bits per heavy atom. The molecule has 24 heavy (non-hydrogen) atoms. The van der Waals surface area contributed by atoms with Crippen molar-refractivity contribution in [2.45, 2.75) is 6.42 Å². The largest absolute Gasteiger partial charge is 0.507 e. The summed E-state index contributed by atoms with van der Waals surface area (Å²) in [4.78, 5) is 12.0. The lowest BCUT2D eigenvalue weighted by Gasteiger charge is -2.07. The van der Waals surface area contributed by atoms with Gasteiger partial charge in [-0.25, -0.2) is 0 Å². The van der Waals surface area contributed by atoms with E-state index in [1.54, 1.807) is 48.6 Å². The Morgan fingerprint density at radius 1 is 1.17 bits per heavy atom. The van der Waals surface area contributed by atoms with Gasteiger partial charge in [0.05, 0.1) is 5.56 Å². The van der Waals surface area contributed by atoms with Crippen molar-refractivity contribution in [2.24, 2.45) is 0 Å². The van der Waals surface area contributed by atoms with E-state index in [9.17, 15) is 15.0 Å². The van der Waals surface area contributed by atoms with Gasteiger partial charge in [-0.05, 0) is 41.8 Å². The van der Waals surface area contributed by atoms with Gasteiger partial charge in [-0.1, -0.05) is 48.0 Å². The van der Waals surface area contributed by atoms with E-state index in [1.807, 2.05) is 6.07 Å². The third-order valence-electron chi connectivity index (χ3n) is 3.37. The number of benzene rings is 2. The fraction of sp³-hybridized carbons (Fsp3) is 0.0500. The number of hydrogen-bond donors (Lipinski definition) is 2. The average Bonchev–Trinajstić information content (AvgIpc) is 2.56. The van der Waals surface area contributed by atoms with Gasteiger partial charge in [-0.15, -0.1) is 6.58 Å². The number of carbonyl (C=O) groups is 1. The maximum absolute atomic E-state index is 12.0. The summed E-state index contributed by atoms with van der Waals surface area (Å²) in [6, 6.07) is 12.1. The van der Waals surface area contributed by atoms with Crippen molar-refractivity contribution in [1.29, 1.82) is 0 Å². The zero-order valence-corrected chi connectivity index (χ0v) is 13.7. The number of phenols is 1. The second-order valence-electron chi connectivity index (χ2n) is 5.09. The van der Waals surface area contributed by atoms with Crippen molar-refractivity contribution in [1.82, 2.24) is 0 Å². The number of aliphatic hydroxyl groups excluding tert-OH is 1. The summed E-state index contributed by atoms with van der Waals surface area (Å²) in [5, 5.41) is 20.8. The van der Waals surface area contributed by atoms with Crippen molar-refractivity contribution in [2.75, 3.05) is 0 Å². The van der Waals surface area contributed by atoms with Crippen molar-refractivity contribution in [3.05, 3.63) is 89.0 Å². The molecule has 3 nitrogen and oxygen atoms in total. The minimum absolute atomic E-state index is 0.0611. The van der Waals surface area contributed by atoms with E-state index in [2.05, 4.69) is 6.58 Å². The van der Waals surface area contributed by atoms with E-state index in [0.29, 0.717) is 22.6 Å². The normalized spacial score (nSPS) is 11.6. The van der Waals surface area contributed by atoms with Crippen LogP contribution in [0.15, 0.2) is 67.3 Å². The van der Waals surface area contributed by atoms with Crippen LogP contribution in [0, 0.1) is 0 Å². The van der Waals surface area contributed by atoms with Crippen LogP contribution in [0.4, 0.5) is 0 Å². The first-order valence-electron chi connectivity index (χ1n) is 7.32. The number of allylic oxidation sites excluding steroid dienone is 3. The zero-order chi connectivity index (χ0) is 17.5. The third-order valence-corrected chi connectivity index (χ3v) is 3.72. The van der Waals surface area contributed by atoms with Gasteiger partial charge < -0.3 is 10.2 Å². The molecule has 4 heteroatoms. The lowest BCUT2D eigenvalue weighted by molar-refractivity contribution is -0.110. The Hall–Kier alpha value is -2.78. The molecule has 0 aliphatic rings. The van der Waals surface area contributed by atoms with Gasteiger partial charge in [0.1, 0.15) is 11.5 Å². The first-order valence-corrected chi connectivity index (χ1v) is 7.70. The second-order valence-corrected chi connectivity index (χ2v) is 5.50. The summed E-state index contributed by atoms with van der Waals surface area (Å²) < 4.78 is 0. The predicted molar refractivity (Wildman–Crippen MR) is 98.1 cm³/mol. The summed E-state index contributed by atoms with van der Waals surface area (Å²) in [6.07, 6.45) is 6.05. The lowest BCUT2D eigenvalue weighted by Crippen LogP contribution is -1.93. The topological polar surface area (TPSA) is 57.5 Å². The smallest absolute Gasteiger partial charge is 0.182 e. The van der Waals surface area contributed by atoms with Gasteiger partial charge in [-0.2, -0.15) is 0 Å². The van der Waals surface area contributed by atoms with Crippen LogP contribution in [0.5, 0.6) is 5.75 Å².